The molecule has 2 aromatic heterocycles. The number of carbonyl (C=O) groups is 1. The fourth-order valence-corrected chi connectivity index (χ4v) is 2.48. The molecule has 1 aromatic carbocycles. The van der Waals surface area contributed by atoms with Gasteiger partial charge in [-0.2, -0.15) is 0 Å². The standard InChI is InChI=1S/C15H12BrN3O/c16-12-3-4-14-11(8-12)5-7-19(14)10-15(20)18-13-2-1-6-17-9-13/h1-9H,10H2,(H,18,20). The zero-order valence-corrected chi connectivity index (χ0v) is 12.2. The van der Waals surface area contributed by atoms with E-state index in [2.05, 4.69) is 26.2 Å². The second-order valence-corrected chi connectivity index (χ2v) is 5.35. The molecule has 2 heterocycles. The summed E-state index contributed by atoms with van der Waals surface area (Å²) in [6.07, 6.45) is 5.22. The summed E-state index contributed by atoms with van der Waals surface area (Å²) in [5.74, 6) is -0.0709. The number of rotatable bonds is 3. The fraction of sp³-hybridized carbons (Fsp3) is 0.0667. The van der Waals surface area contributed by atoms with E-state index >= 15 is 0 Å². The number of hydrogen-bond acceptors (Lipinski definition) is 2. The lowest BCUT2D eigenvalue weighted by molar-refractivity contribution is -0.116. The molecule has 0 radical (unpaired) electrons. The fourth-order valence-electron chi connectivity index (χ4n) is 2.10. The first kappa shape index (κ1) is 12.9. The molecule has 0 aliphatic heterocycles. The van der Waals surface area contributed by atoms with E-state index in [4.69, 9.17) is 0 Å². The normalized spacial score (nSPS) is 10.7. The number of nitrogens with one attached hydrogen (secondary N) is 1. The number of benzene rings is 1. The van der Waals surface area contributed by atoms with Gasteiger partial charge in [0.15, 0.2) is 0 Å². The summed E-state index contributed by atoms with van der Waals surface area (Å²) in [5.41, 5.74) is 1.74. The third-order valence-electron chi connectivity index (χ3n) is 2.99. The molecular weight excluding hydrogens is 318 g/mol. The van der Waals surface area contributed by atoms with Crippen molar-refractivity contribution in [1.29, 1.82) is 0 Å². The van der Waals surface area contributed by atoms with Crippen molar-refractivity contribution < 1.29 is 4.79 Å². The number of amides is 1. The van der Waals surface area contributed by atoms with Gasteiger partial charge in [-0.25, -0.2) is 0 Å². The molecule has 0 fully saturated rings. The van der Waals surface area contributed by atoms with Gasteiger partial charge >= 0.3 is 0 Å². The third-order valence-corrected chi connectivity index (χ3v) is 3.49. The Bertz CT molecular complexity index is 752. The smallest absolute Gasteiger partial charge is 0.244 e. The minimum absolute atomic E-state index is 0.0709. The zero-order chi connectivity index (χ0) is 13.9. The van der Waals surface area contributed by atoms with Gasteiger partial charge < -0.3 is 9.88 Å². The van der Waals surface area contributed by atoms with Crippen molar-refractivity contribution in [1.82, 2.24) is 9.55 Å². The maximum Gasteiger partial charge on any atom is 0.244 e. The quantitative estimate of drug-likeness (QED) is 0.800. The van der Waals surface area contributed by atoms with Crippen LogP contribution in [0.15, 0.2) is 59.5 Å². The molecule has 0 atom stereocenters. The number of nitrogens with zero attached hydrogens (tertiary/aromatic N) is 2. The van der Waals surface area contributed by atoms with Crippen molar-refractivity contribution in [2.24, 2.45) is 0 Å². The second kappa shape index (κ2) is 5.46. The summed E-state index contributed by atoms with van der Waals surface area (Å²) in [4.78, 5) is 16.0. The summed E-state index contributed by atoms with van der Waals surface area (Å²) >= 11 is 3.44. The van der Waals surface area contributed by atoms with Gasteiger partial charge in [-0.1, -0.05) is 15.9 Å². The topological polar surface area (TPSA) is 46.9 Å². The SMILES string of the molecule is O=C(Cn1ccc2cc(Br)ccc21)Nc1cccnc1. The zero-order valence-electron chi connectivity index (χ0n) is 10.6. The van der Waals surface area contributed by atoms with Crippen LogP contribution in [0.3, 0.4) is 0 Å². The third kappa shape index (κ3) is 2.72. The summed E-state index contributed by atoms with van der Waals surface area (Å²) < 4.78 is 2.95. The molecule has 1 N–H and O–H groups in total. The Morgan fingerprint density at radius 3 is 3.00 bits per heavy atom. The molecular formula is C15H12BrN3O. The van der Waals surface area contributed by atoms with Crippen LogP contribution in [-0.2, 0) is 11.3 Å². The molecule has 0 saturated heterocycles. The highest BCUT2D eigenvalue weighted by Gasteiger charge is 2.07. The van der Waals surface area contributed by atoms with Crippen LogP contribution in [0.5, 0.6) is 0 Å². The lowest BCUT2D eigenvalue weighted by Gasteiger charge is -2.07. The highest BCUT2D eigenvalue weighted by atomic mass is 79.9. The molecule has 20 heavy (non-hydrogen) atoms. The lowest BCUT2D eigenvalue weighted by Crippen LogP contribution is -2.18. The summed E-state index contributed by atoms with van der Waals surface area (Å²) in [5, 5.41) is 3.93. The van der Waals surface area contributed by atoms with Crippen molar-refractivity contribution in [3.63, 3.8) is 0 Å². The highest BCUT2D eigenvalue weighted by molar-refractivity contribution is 9.10. The van der Waals surface area contributed by atoms with Gasteiger partial charge in [0.2, 0.25) is 5.91 Å². The van der Waals surface area contributed by atoms with Crippen molar-refractivity contribution in [2.45, 2.75) is 6.54 Å². The lowest BCUT2D eigenvalue weighted by atomic mass is 10.2. The van der Waals surface area contributed by atoms with E-state index in [1.807, 2.05) is 41.1 Å². The maximum atomic E-state index is 12.0. The van der Waals surface area contributed by atoms with Crippen molar-refractivity contribution in [3.05, 3.63) is 59.5 Å². The molecule has 0 saturated carbocycles. The van der Waals surface area contributed by atoms with Gasteiger partial charge in [-0.3, -0.25) is 9.78 Å². The van der Waals surface area contributed by atoms with Crippen LogP contribution < -0.4 is 5.32 Å². The van der Waals surface area contributed by atoms with E-state index in [9.17, 15) is 4.79 Å². The summed E-state index contributed by atoms with van der Waals surface area (Å²) in [6.45, 7) is 0.278. The van der Waals surface area contributed by atoms with Gasteiger partial charge in [0, 0.05) is 27.8 Å². The van der Waals surface area contributed by atoms with Gasteiger partial charge in [-0.05, 0) is 36.4 Å². The average molecular weight is 330 g/mol. The first-order valence-corrected chi connectivity index (χ1v) is 6.96. The Kier molecular flexibility index (Phi) is 3.52. The largest absolute Gasteiger partial charge is 0.338 e. The van der Waals surface area contributed by atoms with E-state index in [0.29, 0.717) is 5.69 Å². The number of anilines is 1. The molecule has 0 aliphatic rings. The Morgan fingerprint density at radius 1 is 1.30 bits per heavy atom. The van der Waals surface area contributed by atoms with Crippen molar-refractivity contribution in [2.75, 3.05) is 5.32 Å². The van der Waals surface area contributed by atoms with Crippen LogP contribution in [0.1, 0.15) is 0 Å². The van der Waals surface area contributed by atoms with Crippen LogP contribution in [0.25, 0.3) is 10.9 Å². The molecule has 0 spiro atoms. The minimum Gasteiger partial charge on any atom is -0.338 e. The first-order valence-electron chi connectivity index (χ1n) is 6.17. The van der Waals surface area contributed by atoms with Crippen LogP contribution in [-0.4, -0.2) is 15.5 Å². The maximum absolute atomic E-state index is 12.0. The monoisotopic (exact) mass is 329 g/mol. The van der Waals surface area contributed by atoms with E-state index in [1.165, 1.54) is 0 Å². The molecule has 4 nitrogen and oxygen atoms in total. The van der Waals surface area contributed by atoms with Crippen LogP contribution >= 0.6 is 15.9 Å². The molecule has 3 rings (SSSR count). The molecule has 0 unspecified atom stereocenters. The van der Waals surface area contributed by atoms with Crippen molar-refractivity contribution >= 4 is 38.4 Å². The van der Waals surface area contributed by atoms with E-state index in [-0.39, 0.29) is 12.5 Å². The molecule has 0 bridgehead atoms. The number of pyridine rings is 1. The number of aromatic nitrogens is 2. The Hall–Kier alpha value is -2.14. The first-order chi connectivity index (χ1) is 9.72. The molecule has 1 amide bonds. The minimum atomic E-state index is -0.0709. The summed E-state index contributed by atoms with van der Waals surface area (Å²) in [6, 6.07) is 11.6. The number of carbonyl (C=O) groups excluding carboxylic acids is 1. The van der Waals surface area contributed by atoms with Crippen LogP contribution in [0.4, 0.5) is 5.69 Å². The summed E-state index contributed by atoms with van der Waals surface area (Å²) in [7, 11) is 0. The number of fused-ring (bicyclic) bond motifs is 1. The second-order valence-electron chi connectivity index (χ2n) is 4.44. The molecule has 0 aliphatic carbocycles. The highest BCUT2D eigenvalue weighted by Crippen LogP contribution is 2.20. The van der Waals surface area contributed by atoms with E-state index in [0.717, 1.165) is 15.4 Å². The Balaban J connectivity index is 1.78. The predicted octanol–water partition coefficient (Wildman–Crippen LogP) is 3.44. The van der Waals surface area contributed by atoms with Crippen LogP contribution in [0, 0.1) is 0 Å². The van der Waals surface area contributed by atoms with Crippen molar-refractivity contribution in [3.8, 4) is 0 Å². The molecule has 3 aromatic rings. The van der Waals surface area contributed by atoms with Crippen LogP contribution in [0.2, 0.25) is 0 Å². The number of halogens is 1. The molecule has 100 valence electrons. The number of hydrogen-bond donors (Lipinski definition) is 1. The average Bonchev–Trinajstić information content (AvgIpc) is 2.82. The van der Waals surface area contributed by atoms with Gasteiger partial charge in [0.1, 0.15) is 6.54 Å². The van der Waals surface area contributed by atoms with E-state index in [1.54, 1.807) is 18.5 Å². The molecule has 5 heteroatoms. The van der Waals surface area contributed by atoms with E-state index < -0.39 is 0 Å². The predicted molar refractivity (Wildman–Crippen MR) is 82.5 cm³/mol. The van der Waals surface area contributed by atoms with Gasteiger partial charge in [0.25, 0.3) is 0 Å². The Morgan fingerprint density at radius 2 is 2.20 bits per heavy atom. The van der Waals surface area contributed by atoms with Gasteiger partial charge in [-0.15, -0.1) is 0 Å². The van der Waals surface area contributed by atoms with Gasteiger partial charge in [0.05, 0.1) is 11.9 Å². The Labute approximate surface area is 124 Å².